The predicted octanol–water partition coefficient (Wildman–Crippen LogP) is 4.63. The van der Waals surface area contributed by atoms with Crippen LogP contribution in [0, 0.1) is 0 Å². The van der Waals surface area contributed by atoms with Gasteiger partial charge in [0.25, 0.3) is 0 Å². The van der Waals surface area contributed by atoms with Crippen molar-refractivity contribution in [3.63, 3.8) is 0 Å². The number of tetrazole rings is 1. The molecule has 2 heterocycles. The summed E-state index contributed by atoms with van der Waals surface area (Å²) >= 11 is 0. The lowest BCUT2D eigenvalue weighted by atomic mass is 9.97. The van der Waals surface area contributed by atoms with Gasteiger partial charge in [0, 0.05) is 12.0 Å². The van der Waals surface area contributed by atoms with Crippen LogP contribution in [0.1, 0.15) is 23.9 Å². The molecule has 0 aliphatic rings. The highest BCUT2D eigenvalue weighted by Gasteiger charge is 2.12. The van der Waals surface area contributed by atoms with Gasteiger partial charge < -0.3 is 0 Å². The first-order valence-corrected chi connectivity index (χ1v) is 9.98. The molecule has 0 atom stereocenters. The van der Waals surface area contributed by atoms with Crippen molar-refractivity contribution in [3.8, 4) is 22.5 Å². The first-order chi connectivity index (χ1) is 14.8. The first-order valence-electron chi connectivity index (χ1n) is 9.98. The van der Waals surface area contributed by atoms with Gasteiger partial charge in [-0.25, -0.2) is 9.97 Å². The lowest BCUT2D eigenvalue weighted by Crippen LogP contribution is -2.02. The number of aryl methyl sites for hydroxylation is 1. The zero-order chi connectivity index (χ0) is 20.3. The minimum atomic E-state index is 0.591. The number of H-pyrrole nitrogens is 1. The third-order valence-corrected chi connectivity index (χ3v) is 5.21. The summed E-state index contributed by atoms with van der Waals surface area (Å²) in [7, 11) is 0. The van der Waals surface area contributed by atoms with E-state index < -0.39 is 0 Å². The number of aromatic nitrogens is 6. The highest BCUT2D eigenvalue weighted by molar-refractivity contribution is 5.80. The second kappa shape index (κ2) is 7.83. The first kappa shape index (κ1) is 18.1. The minimum Gasteiger partial charge on any atom is -0.249 e. The van der Waals surface area contributed by atoms with Gasteiger partial charge in [0.2, 0.25) is 5.82 Å². The number of nitrogens with zero attached hydrogens (tertiary/aromatic N) is 5. The summed E-state index contributed by atoms with van der Waals surface area (Å²) in [6.45, 7) is 2.13. The lowest BCUT2D eigenvalue weighted by molar-refractivity contribution is 0.881. The van der Waals surface area contributed by atoms with Crippen LogP contribution in [0.15, 0.2) is 72.8 Å². The van der Waals surface area contributed by atoms with Gasteiger partial charge in [0.05, 0.1) is 22.4 Å². The fourth-order valence-electron chi connectivity index (χ4n) is 3.70. The van der Waals surface area contributed by atoms with Crippen LogP contribution in [0.2, 0.25) is 0 Å². The Morgan fingerprint density at radius 3 is 2.07 bits per heavy atom. The molecule has 2 aromatic heterocycles. The number of rotatable bonds is 5. The van der Waals surface area contributed by atoms with Gasteiger partial charge in [-0.3, -0.25) is 0 Å². The number of fused-ring (bicyclic) bond motifs is 1. The molecule has 0 bridgehead atoms. The Bertz CT molecular complexity index is 1290. The zero-order valence-corrected chi connectivity index (χ0v) is 16.6. The molecule has 0 saturated heterocycles. The molecule has 0 spiro atoms. The summed E-state index contributed by atoms with van der Waals surface area (Å²) in [6, 6.07) is 24.7. The maximum absolute atomic E-state index is 4.88. The topological polar surface area (TPSA) is 80.2 Å². The summed E-state index contributed by atoms with van der Waals surface area (Å²) in [5, 5.41) is 14.5. The predicted molar refractivity (Wildman–Crippen MR) is 117 cm³/mol. The fraction of sp³-hybridized carbons (Fsp3) is 0.125. The summed E-state index contributed by atoms with van der Waals surface area (Å²) < 4.78 is 0. The molecule has 5 rings (SSSR count). The van der Waals surface area contributed by atoms with E-state index in [1.54, 1.807) is 0 Å². The summed E-state index contributed by atoms with van der Waals surface area (Å²) in [5.41, 5.74) is 8.32. The maximum Gasteiger partial charge on any atom is 0.205 e. The van der Waals surface area contributed by atoms with Crippen LogP contribution in [0.5, 0.6) is 0 Å². The van der Waals surface area contributed by atoms with Crippen LogP contribution in [0.3, 0.4) is 0 Å². The van der Waals surface area contributed by atoms with Crippen LogP contribution in [-0.4, -0.2) is 30.6 Å². The number of aromatic amines is 1. The van der Waals surface area contributed by atoms with E-state index in [9.17, 15) is 0 Å². The Hall–Kier alpha value is -3.93. The SMILES string of the molecule is CCc1nc2ccccc2nc1Cc1ccc(-c2ccccc2-c2nn[nH]n2)cc1. The normalized spacial score (nSPS) is 11.1. The molecule has 5 aromatic rings. The Kier molecular flexibility index (Phi) is 4.73. The van der Waals surface area contributed by atoms with Crippen LogP contribution >= 0.6 is 0 Å². The number of hydrogen-bond donors (Lipinski definition) is 1. The molecule has 1 N–H and O–H groups in total. The average molecular weight is 392 g/mol. The number of nitrogens with one attached hydrogen (secondary N) is 1. The van der Waals surface area contributed by atoms with Crippen molar-refractivity contribution in [1.82, 2.24) is 30.6 Å². The van der Waals surface area contributed by atoms with Crippen molar-refractivity contribution >= 4 is 11.0 Å². The van der Waals surface area contributed by atoms with Gasteiger partial charge in [0.1, 0.15) is 0 Å². The third kappa shape index (κ3) is 3.43. The van der Waals surface area contributed by atoms with Gasteiger partial charge in [-0.2, -0.15) is 5.21 Å². The highest BCUT2D eigenvalue weighted by Crippen LogP contribution is 2.30. The van der Waals surface area contributed by atoms with Gasteiger partial charge in [-0.1, -0.05) is 67.6 Å². The summed E-state index contributed by atoms with van der Waals surface area (Å²) in [4.78, 5) is 9.69. The molecule has 3 aromatic carbocycles. The van der Waals surface area contributed by atoms with Crippen molar-refractivity contribution in [3.05, 3.63) is 89.7 Å². The van der Waals surface area contributed by atoms with E-state index in [4.69, 9.17) is 9.97 Å². The number of benzene rings is 3. The smallest absolute Gasteiger partial charge is 0.205 e. The van der Waals surface area contributed by atoms with Gasteiger partial charge >= 0.3 is 0 Å². The zero-order valence-electron chi connectivity index (χ0n) is 16.6. The highest BCUT2D eigenvalue weighted by atomic mass is 15.5. The molecule has 146 valence electrons. The molecule has 0 aliphatic carbocycles. The lowest BCUT2D eigenvalue weighted by Gasteiger charge is -2.10. The average Bonchev–Trinajstić information content (AvgIpc) is 3.34. The fourth-order valence-corrected chi connectivity index (χ4v) is 3.70. The van der Waals surface area contributed by atoms with Gasteiger partial charge in [-0.15, -0.1) is 10.2 Å². The molecule has 0 radical (unpaired) electrons. The Morgan fingerprint density at radius 2 is 1.40 bits per heavy atom. The molecule has 0 amide bonds. The van der Waals surface area contributed by atoms with Crippen LogP contribution in [0.4, 0.5) is 0 Å². The number of hydrogen-bond acceptors (Lipinski definition) is 5. The van der Waals surface area contributed by atoms with E-state index in [1.807, 2.05) is 42.5 Å². The molecule has 6 heteroatoms. The van der Waals surface area contributed by atoms with E-state index >= 15 is 0 Å². The van der Waals surface area contributed by atoms with Crippen LogP contribution in [-0.2, 0) is 12.8 Å². The van der Waals surface area contributed by atoms with Gasteiger partial charge in [0.15, 0.2) is 0 Å². The minimum absolute atomic E-state index is 0.591. The van der Waals surface area contributed by atoms with Crippen LogP contribution < -0.4 is 0 Å². The van der Waals surface area contributed by atoms with E-state index in [-0.39, 0.29) is 0 Å². The molecule has 0 fully saturated rings. The molecule has 6 nitrogen and oxygen atoms in total. The third-order valence-electron chi connectivity index (χ3n) is 5.21. The van der Waals surface area contributed by atoms with Crippen molar-refractivity contribution < 1.29 is 0 Å². The summed E-state index contributed by atoms with van der Waals surface area (Å²) in [5.74, 6) is 0.591. The van der Waals surface area contributed by atoms with E-state index in [2.05, 4.69) is 57.9 Å². The Balaban J connectivity index is 1.47. The second-order valence-corrected chi connectivity index (χ2v) is 7.11. The van der Waals surface area contributed by atoms with Gasteiger partial charge in [-0.05, 0) is 40.5 Å². The van der Waals surface area contributed by atoms with Crippen molar-refractivity contribution in [2.24, 2.45) is 0 Å². The molecular weight excluding hydrogens is 372 g/mol. The Labute approximate surface area is 174 Å². The van der Waals surface area contributed by atoms with Crippen molar-refractivity contribution in [2.45, 2.75) is 19.8 Å². The largest absolute Gasteiger partial charge is 0.249 e. The second-order valence-electron chi connectivity index (χ2n) is 7.11. The molecular formula is C24H20N6. The molecule has 0 unspecified atom stereocenters. The van der Waals surface area contributed by atoms with Crippen LogP contribution in [0.25, 0.3) is 33.5 Å². The maximum atomic E-state index is 4.88. The van der Waals surface area contributed by atoms with E-state index in [0.717, 1.165) is 52.0 Å². The standard InChI is InChI=1S/C24H20N6/c1-2-20-23(26-22-10-6-5-9-21(22)25-20)15-16-11-13-17(14-12-16)18-7-3-4-8-19(18)24-27-29-30-28-24/h3-14H,2,15H2,1H3,(H,27,28,29,30). The monoisotopic (exact) mass is 392 g/mol. The van der Waals surface area contributed by atoms with E-state index in [0.29, 0.717) is 5.82 Å². The summed E-state index contributed by atoms with van der Waals surface area (Å²) in [6.07, 6.45) is 1.62. The van der Waals surface area contributed by atoms with Crippen molar-refractivity contribution in [2.75, 3.05) is 0 Å². The molecule has 30 heavy (non-hydrogen) atoms. The quantitative estimate of drug-likeness (QED) is 0.472. The number of para-hydroxylation sites is 2. The molecule has 0 aliphatic heterocycles. The Morgan fingerprint density at radius 1 is 0.733 bits per heavy atom. The molecule has 0 saturated carbocycles. The van der Waals surface area contributed by atoms with Crippen molar-refractivity contribution in [1.29, 1.82) is 0 Å². The van der Waals surface area contributed by atoms with E-state index in [1.165, 1.54) is 5.56 Å².